The van der Waals surface area contributed by atoms with Gasteiger partial charge in [-0.2, -0.15) is 0 Å². The third-order valence-electron chi connectivity index (χ3n) is 5.02. The minimum absolute atomic E-state index is 0.767. The second-order valence-electron chi connectivity index (χ2n) is 6.17. The van der Waals surface area contributed by atoms with Gasteiger partial charge in [-0.05, 0) is 57.7 Å². The van der Waals surface area contributed by atoms with Crippen molar-refractivity contribution < 1.29 is 0 Å². The van der Waals surface area contributed by atoms with Crippen LogP contribution < -0.4 is 5.32 Å². The molecule has 2 unspecified atom stereocenters. The van der Waals surface area contributed by atoms with Gasteiger partial charge in [-0.15, -0.1) is 0 Å². The van der Waals surface area contributed by atoms with Crippen LogP contribution in [0, 0.1) is 0 Å². The van der Waals surface area contributed by atoms with Crippen molar-refractivity contribution in [2.75, 3.05) is 13.6 Å². The zero-order chi connectivity index (χ0) is 13.1. The van der Waals surface area contributed by atoms with Crippen LogP contribution in [0.15, 0.2) is 30.3 Å². The van der Waals surface area contributed by atoms with Gasteiger partial charge in [0.1, 0.15) is 0 Å². The third kappa shape index (κ3) is 3.01. The van der Waals surface area contributed by atoms with E-state index < -0.39 is 0 Å². The van der Waals surface area contributed by atoms with Crippen LogP contribution in [-0.4, -0.2) is 36.6 Å². The number of rotatable bonds is 5. The lowest BCUT2D eigenvalue weighted by molar-refractivity contribution is 0.118. The maximum absolute atomic E-state index is 3.48. The Morgan fingerprint density at radius 1 is 1.11 bits per heavy atom. The van der Waals surface area contributed by atoms with Gasteiger partial charge in [-0.1, -0.05) is 30.3 Å². The van der Waals surface area contributed by atoms with Crippen molar-refractivity contribution in [1.29, 1.82) is 0 Å². The van der Waals surface area contributed by atoms with Gasteiger partial charge in [0.05, 0.1) is 0 Å². The fourth-order valence-corrected chi connectivity index (χ4v) is 3.99. The van der Waals surface area contributed by atoms with Crippen LogP contribution in [0.2, 0.25) is 0 Å². The van der Waals surface area contributed by atoms with Crippen LogP contribution in [0.5, 0.6) is 0 Å². The summed E-state index contributed by atoms with van der Waals surface area (Å²) in [6, 6.07) is 13.4. The first kappa shape index (κ1) is 13.1. The molecule has 2 fully saturated rings. The van der Waals surface area contributed by atoms with Gasteiger partial charge in [0.2, 0.25) is 0 Å². The summed E-state index contributed by atoms with van der Waals surface area (Å²) in [7, 11) is 2.12. The van der Waals surface area contributed by atoms with Gasteiger partial charge in [-0.3, -0.25) is 4.90 Å². The zero-order valence-corrected chi connectivity index (χ0v) is 12.0. The Morgan fingerprint density at radius 2 is 1.79 bits per heavy atom. The van der Waals surface area contributed by atoms with Gasteiger partial charge in [0.25, 0.3) is 0 Å². The molecule has 2 aliphatic rings. The Hall–Kier alpha value is -0.860. The first-order valence-corrected chi connectivity index (χ1v) is 7.84. The van der Waals surface area contributed by atoms with E-state index >= 15 is 0 Å². The summed E-state index contributed by atoms with van der Waals surface area (Å²) < 4.78 is 0. The van der Waals surface area contributed by atoms with Crippen molar-refractivity contribution in [1.82, 2.24) is 10.2 Å². The van der Waals surface area contributed by atoms with Crippen molar-refractivity contribution in [3.05, 3.63) is 35.9 Å². The molecule has 2 heteroatoms. The lowest BCUT2D eigenvalue weighted by Gasteiger charge is -2.39. The van der Waals surface area contributed by atoms with E-state index in [9.17, 15) is 0 Å². The van der Waals surface area contributed by atoms with E-state index in [2.05, 4.69) is 47.6 Å². The summed E-state index contributed by atoms with van der Waals surface area (Å²) in [6.45, 7) is 1.29. The number of piperidine rings is 1. The van der Waals surface area contributed by atoms with Crippen LogP contribution in [0.1, 0.15) is 37.7 Å². The predicted octanol–water partition coefficient (Wildman–Crippen LogP) is 2.83. The van der Waals surface area contributed by atoms with E-state index in [0.29, 0.717) is 0 Å². The normalized spacial score (nSPS) is 30.7. The highest BCUT2D eigenvalue weighted by Crippen LogP contribution is 2.35. The predicted molar refractivity (Wildman–Crippen MR) is 80.4 cm³/mol. The number of aryl methyl sites for hydroxylation is 1. The highest BCUT2D eigenvalue weighted by molar-refractivity contribution is 5.14. The molecule has 0 aliphatic carbocycles. The lowest BCUT2D eigenvalue weighted by Crippen LogP contribution is -2.48. The average molecular weight is 258 g/mol. The highest BCUT2D eigenvalue weighted by atomic mass is 15.2. The van der Waals surface area contributed by atoms with E-state index in [1.54, 1.807) is 0 Å². The van der Waals surface area contributed by atoms with E-state index in [1.165, 1.54) is 50.6 Å². The van der Waals surface area contributed by atoms with Crippen LogP contribution in [-0.2, 0) is 6.42 Å². The molecule has 19 heavy (non-hydrogen) atoms. The molecule has 0 amide bonds. The molecule has 1 aromatic carbocycles. The van der Waals surface area contributed by atoms with Crippen molar-refractivity contribution in [2.45, 2.75) is 56.7 Å². The quantitative estimate of drug-likeness (QED) is 0.873. The monoisotopic (exact) mass is 258 g/mol. The van der Waals surface area contributed by atoms with Crippen LogP contribution >= 0.6 is 0 Å². The van der Waals surface area contributed by atoms with E-state index in [1.807, 2.05) is 0 Å². The second kappa shape index (κ2) is 6.06. The molecule has 2 atom stereocenters. The Morgan fingerprint density at radius 3 is 2.42 bits per heavy atom. The number of fused-ring (bicyclic) bond motifs is 2. The molecule has 3 rings (SSSR count). The molecule has 2 nitrogen and oxygen atoms in total. The SMILES string of the molecule is CNC1CC2CCC(C1)N2CCCc1ccccc1. The molecule has 1 aromatic rings. The highest BCUT2D eigenvalue weighted by Gasteiger charge is 2.39. The molecule has 0 saturated carbocycles. The molecule has 2 heterocycles. The first-order chi connectivity index (χ1) is 9.36. The van der Waals surface area contributed by atoms with Gasteiger partial charge < -0.3 is 5.32 Å². The van der Waals surface area contributed by atoms with Crippen LogP contribution in [0.25, 0.3) is 0 Å². The van der Waals surface area contributed by atoms with E-state index in [-0.39, 0.29) is 0 Å². The Bertz CT molecular complexity index is 376. The molecule has 2 bridgehead atoms. The first-order valence-electron chi connectivity index (χ1n) is 7.84. The summed E-state index contributed by atoms with van der Waals surface area (Å²) >= 11 is 0. The number of benzene rings is 1. The van der Waals surface area contributed by atoms with Crippen molar-refractivity contribution in [3.63, 3.8) is 0 Å². The molecule has 1 N–H and O–H groups in total. The molecule has 104 valence electrons. The van der Waals surface area contributed by atoms with Crippen molar-refractivity contribution in [3.8, 4) is 0 Å². The second-order valence-corrected chi connectivity index (χ2v) is 6.17. The topological polar surface area (TPSA) is 15.3 Å². The summed E-state index contributed by atoms with van der Waals surface area (Å²) in [6.07, 6.45) is 8.10. The minimum atomic E-state index is 0.767. The number of nitrogens with one attached hydrogen (secondary N) is 1. The number of hydrogen-bond donors (Lipinski definition) is 1. The summed E-state index contributed by atoms with van der Waals surface area (Å²) in [5.74, 6) is 0. The minimum Gasteiger partial charge on any atom is -0.317 e. The smallest absolute Gasteiger partial charge is 0.0114 e. The Labute approximate surface area is 117 Å². The molecule has 0 aromatic heterocycles. The van der Waals surface area contributed by atoms with Gasteiger partial charge in [-0.25, -0.2) is 0 Å². The largest absolute Gasteiger partial charge is 0.317 e. The third-order valence-corrected chi connectivity index (χ3v) is 5.02. The fraction of sp³-hybridized carbons (Fsp3) is 0.647. The number of nitrogens with zero attached hydrogens (tertiary/aromatic N) is 1. The summed E-state index contributed by atoms with van der Waals surface area (Å²) in [5.41, 5.74) is 1.49. The Kier molecular flexibility index (Phi) is 4.19. The summed E-state index contributed by atoms with van der Waals surface area (Å²) in [5, 5.41) is 3.48. The standard InChI is InChI=1S/C17H26N2/c1-18-15-12-16-9-10-17(13-15)19(16)11-5-8-14-6-3-2-4-7-14/h2-4,6-7,15-18H,5,8-13H2,1H3. The average Bonchev–Trinajstić information content (AvgIpc) is 2.70. The fourth-order valence-electron chi connectivity index (χ4n) is 3.99. The molecule has 0 spiro atoms. The van der Waals surface area contributed by atoms with Crippen molar-refractivity contribution in [2.24, 2.45) is 0 Å². The summed E-state index contributed by atoms with van der Waals surface area (Å²) in [4.78, 5) is 2.80. The van der Waals surface area contributed by atoms with Gasteiger partial charge in [0, 0.05) is 18.1 Å². The Balaban J connectivity index is 1.49. The van der Waals surface area contributed by atoms with Crippen LogP contribution in [0.3, 0.4) is 0 Å². The lowest BCUT2D eigenvalue weighted by atomic mass is 9.97. The molecular weight excluding hydrogens is 232 g/mol. The zero-order valence-electron chi connectivity index (χ0n) is 12.0. The molecule has 0 radical (unpaired) electrons. The van der Waals surface area contributed by atoms with E-state index in [4.69, 9.17) is 0 Å². The molecule has 2 aliphatic heterocycles. The number of hydrogen-bond acceptors (Lipinski definition) is 2. The van der Waals surface area contributed by atoms with Gasteiger partial charge in [0.15, 0.2) is 0 Å². The van der Waals surface area contributed by atoms with Crippen molar-refractivity contribution >= 4 is 0 Å². The maximum atomic E-state index is 3.48. The van der Waals surface area contributed by atoms with E-state index in [0.717, 1.165) is 18.1 Å². The molecular formula is C17H26N2. The molecule has 2 saturated heterocycles. The maximum Gasteiger partial charge on any atom is 0.0114 e. The van der Waals surface area contributed by atoms with Gasteiger partial charge >= 0.3 is 0 Å². The van der Waals surface area contributed by atoms with Crippen LogP contribution in [0.4, 0.5) is 0 Å².